The molecule has 0 fully saturated rings. The van der Waals surface area contributed by atoms with Gasteiger partial charge in [0, 0.05) is 36.9 Å². The van der Waals surface area contributed by atoms with Gasteiger partial charge in [-0.1, -0.05) is 48.5 Å². The third-order valence-corrected chi connectivity index (χ3v) is 3.53. The van der Waals surface area contributed by atoms with E-state index in [9.17, 15) is 0 Å². The maximum Gasteiger partial charge on any atom is 0.0480 e. The van der Waals surface area contributed by atoms with E-state index >= 15 is 0 Å². The highest BCUT2D eigenvalue weighted by Crippen LogP contribution is 2.20. The Kier molecular flexibility index (Phi) is 3.64. The van der Waals surface area contributed by atoms with Crippen LogP contribution < -0.4 is 0 Å². The molecule has 0 radical (unpaired) electrons. The summed E-state index contributed by atoms with van der Waals surface area (Å²) in [6.45, 7) is 0.822. The zero-order valence-corrected chi connectivity index (χ0v) is 11.7. The SMILES string of the molecule is Cn1cc(CCN=Cc2ccccc2)c2ccccc21. The van der Waals surface area contributed by atoms with Crippen LogP contribution in [0.5, 0.6) is 0 Å². The number of hydrogen-bond donors (Lipinski definition) is 0. The van der Waals surface area contributed by atoms with E-state index in [4.69, 9.17) is 0 Å². The largest absolute Gasteiger partial charge is 0.350 e. The van der Waals surface area contributed by atoms with Gasteiger partial charge >= 0.3 is 0 Å². The zero-order chi connectivity index (χ0) is 13.8. The molecule has 0 saturated heterocycles. The lowest BCUT2D eigenvalue weighted by molar-refractivity contribution is 0.931. The molecule has 1 heterocycles. The highest BCUT2D eigenvalue weighted by molar-refractivity contribution is 5.84. The van der Waals surface area contributed by atoms with Crippen molar-refractivity contribution in [2.24, 2.45) is 12.0 Å². The predicted molar refractivity (Wildman–Crippen MR) is 85.5 cm³/mol. The van der Waals surface area contributed by atoms with E-state index in [0.717, 1.165) is 18.5 Å². The van der Waals surface area contributed by atoms with Crippen molar-refractivity contribution in [3.63, 3.8) is 0 Å². The minimum atomic E-state index is 0.822. The van der Waals surface area contributed by atoms with Crippen LogP contribution in [0.15, 0.2) is 65.8 Å². The van der Waals surface area contributed by atoms with E-state index in [-0.39, 0.29) is 0 Å². The van der Waals surface area contributed by atoms with Crippen molar-refractivity contribution >= 4 is 17.1 Å². The third-order valence-electron chi connectivity index (χ3n) is 3.53. The van der Waals surface area contributed by atoms with Gasteiger partial charge in [-0.25, -0.2) is 0 Å². The van der Waals surface area contributed by atoms with Crippen molar-refractivity contribution < 1.29 is 0 Å². The Morgan fingerprint density at radius 1 is 1.00 bits per heavy atom. The molecule has 3 aromatic rings. The number of aliphatic imine (C=N–C) groups is 1. The molecule has 0 atom stereocenters. The fourth-order valence-electron chi connectivity index (χ4n) is 2.52. The monoisotopic (exact) mass is 262 g/mol. The molecule has 0 N–H and O–H groups in total. The maximum absolute atomic E-state index is 4.52. The van der Waals surface area contributed by atoms with Gasteiger partial charge in [-0.05, 0) is 23.6 Å². The van der Waals surface area contributed by atoms with Crippen LogP contribution in [0.1, 0.15) is 11.1 Å². The first-order valence-electron chi connectivity index (χ1n) is 6.92. The van der Waals surface area contributed by atoms with Crippen molar-refractivity contribution in [3.8, 4) is 0 Å². The summed E-state index contributed by atoms with van der Waals surface area (Å²) in [6.07, 6.45) is 5.14. The molecule has 0 aliphatic heterocycles. The molecule has 0 spiro atoms. The number of benzene rings is 2. The van der Waals surface area contributed by atoms with E-state index in [1.54, 1.807) is 0 Å². The minimum Gasteiger partial charge on any atom is -0.350 e. The van der Waals surface area contributed by atoms with Gasteiger partial charge in [0.15, 0.2) is 0 Å². The average Bonchev–Trinajstić information content (AvgIpc) is 2.82. The molecule has 2 heteroatoms. The van der Waals surface area contributed by atoms with Gasteiger partial charge in [-0.2, -0.15) is 0 Å². The Balaban J connectivity index is 1.70. The number of hydrogen-bond acceptors (Lipinski definition) is 1. The van der Waals surface area contributed by atoms with Crippen LogP contribution in [0.3, 0.4) is 0 Å². The van der Waals surface area contributed by atoms with E-state index < -0.39 is 0 Å². The average molecular weight is 262 g/mol. The quantitative estimate of drug-likeness (QED) is 0.636. The Morgan fingerprint density at radius 3 is 2.60 bits per heavy atom. The number of para-hydroxylation sites is 1. The van der Waals surface area contributed by atoms with Crippen LogP contribution in [0.25, 0.3) is 10.9 Å². The first-order chi connectivity index (χ1) is 9.84. The summed E-state index contributed by atoms with van der Waals surface area (Å²) < 4.78 is 2.19. The van der Waals surface area contributed by atoms with E-state index in [2.05, 4.69) is 59.2 Å². The molecule has 0 aliphatic rings. The van der Waals surface area contributed by atoms with Gasteiger partial charge in [-0.15, -0.1) is 0 Å². The topological polar surface area (TPSA) is 17.3 Å². The predicted octanol–water partition coefficient (Wildman–Crippen LogP) is 3.84. The molecule has 0 amide bonds. The van der Waals surface area contributed by atoms with Crippen molar-refractivity contribution in [3.05, 3.63) is 71.9 Å². The molecule has 0 aliphatic carbocycles. The summed E-state index contributed by atoms with van der Waals surface area (Å²) in [6, 6.07) is 18.8. The fraction of sp³-hybridized carbons (Fsp3) is 0.167. The molecule has 1 aromatic heterocycles. The molecule has 0 unspecified atom stereocenters. The van der Waals surface area contributed by atoms with Crippen molar-refractivity contribution in [1.29, 1.82) is 0 Å². The van der Waals surface area contributed by atoms with Crippen molar-refractivity contribution in [1.82, 2.24) is 4.57 Å². The smallest absolute Gasteiger partial charge is 0.0480 e. The Hall–Kier alpha value is -2.35. The first-order valence-corrected chi connectivity index (χ1v) is 6.92. The molecule has 100 valence electrons. The summed E-state index contributed by atoms with van der Waals surface area (Å²) in [5.41, 5.74) is 3.81. The first kappa shape index (κ1) is 12.7. The van der Waals surface area contributed by atoms with E-state index in [1.165, 1.54) is 16.5 Å². The summed E-state index contributed by atoms with van der Waals surface area (Å²) in [7, 11) is 2.10. The van der Waals surface area contributed by atoms with Crippen LogP contribution in [0.4, 0.5) is 0 Å². The number of rotatable bonds is 4. The number of nitrogens with zero attached hydrogens (tertiary/aromatic N) is 2. The molecular formula is C18H18N2. The van der Waals surface area contributed by atoms with Gasteiger partial charge in [-0.3, -0.25) is 4.99 Å². The molecule has 3 rings (SSSR count). The summed E-state index contributed by atoms with van der Waals surface area (Å²) in [5, 5.41) is 1.34. The summed E-state index contributed by atoms with van der Waals surface area (Å²) >= 11 is 0. The highest BCUT2D eigenvalue weighted by atomic mass is 14.9. The van der Waals surface area contributed by atoms with Crippen molar-refractivity contribution in [2.45, 2.75) is 6.42 Å². The van der Waals surface area contributed by atoms with Gasteiger partial charge in [0.25, 0.3) is 0 Å². The number of fused-ring (bicyclic) bond motifs is 1. The minimum absolute atomic E-state index is 0.822. The number of aromatic nitrogens is 1. The molecule has 0 saturated carbocycles. The molecular weight excluding hydrogens is 244 g/mol. The van der Waals surface area contributed by atoms with Crippen molar-refractivity contribution in [2.75, 3.05) is 6.54 Å². The van der Waals surface area contributed by atoms with Crippen LogP contribution in [-0.4, -0.2) is 17.3 Å². The van der Waals surface area contributed by atoms with E-state index in [0.29, 0.717) is 0 Å². The lowest BCUT2D eigenvalue weighted by Crippen LogP contribution is -1.90. The standard InChI is InChI=1S/C18H18N2/c1-20-14-16(17-9-5-6-10-18(17)20)11-12-19-13-15-7-3-2-4-8-15/h2-10,13-14H,11-12H2,1H3. The second kappa shape index (κ2) is 5.74. The van der Waals surface area contributed by atoms with Gasteiger partial charge in [0.05, 0.1) is 0 Å². The number of aryl methyl sites for hydroxylation is 1. The fourth-order valence-corrected chi connectivity index (χ4v) is 2.52. The lowest BCUT2D eigenvalue weighted by atomic mass is 10.1. The normalized spacial score (nSPS) is 11.4. The summed E-state index contributed by atoms with van der Waals surface area (Å²) in [4.78, 5) is 4.52. The molecule has 2 aromatic carbocycles. The van der Waals surface area contributed by atoms with Crippen LogP contribution in [0, 0.1) is 0 Å². The lowest BCUT2D eigenvalue weighted by Gasteiger charge is -1.96. The second-order valence-electron chi connectivity index (χ2n) is 4.98. The van der Waals surface area contributed by atoms with Gasteiger partial charge in [0.1, 0.15) is 0 Å². The Morgan fingerprint density at radius 2 is 1.75 bits per heavy atom. The third kappa shape index (κ3) is 2.64. The molecule has 2 nitrogen and oxygen atoms in total. The van der Waals surface area contributed by atoms with Crippen LogP contribution in [-0.2, 0) is 13.5 Å². The highest BCUT2D eigenvalue weighted by Gasteiger charge is 2.04. The van der Waals surface area contributed by atoms with Gasteiger partial charge in [0.2, 0.25) is 0 Å². The Bertz CT molecular complexity index is 724. The molecule has 0 bridgehead atoms. The zero-order valence-electron chi connectivity index (χ0n) is 11.7. The molecule has 20 heavy (non-hydrogen) atoms. The van der Waals surface area contributed by atoms with Gasteiger partial charge < -0.3 is 4.57 Å². The second-order valence-corrected chi connectivity index (χ2v) is 4.98. The Labute approximate surface area is 119 Å². The van der Waals surface area contributed by atoms with Crippen LogP contribution in [0.2, 0.25) is 0 Å². The summed E-state index contributed by atoms with van der Waals surface area (Å²) in [5.74, 6) is 0. The van der Waals surface area contributed by atoms with E-state index in [1.807, 2.05) is 24.4 Å². The maximum atomic E-state index is 4.52. The van der Waals surface area contributed by atoms with Crippen LogP contribution >= 0.6 is 0 Å².